The first kappa shape index (κ1) is 11.4. The van der Waals surface area contributed by atoms with E-state index in [4.69, 9.17) is 9.47 Å². The van der Waals surface area contributed by atoms with E-state index in [-0.39, 0.29) is 5.60 Å². The smallest absolute Gasteiger partial charge is 0.0858 e. The maximum atomic E-state index is 6.11. The van der Waals surface area contributed by atoms with Crippen LogP contribution < -0.4 is 5.32 Å². The van der Waals surface area contributed by atoms with Gasteiger partial charge in [-0.3, -0.25) is 0 Å². The molecule has 88 valence electrons. The van der Waals surface area contributed by atoms with E-state index in [0.29, 0.717) is 6.04 Å². The minimum Gasteiger partial charge on any atom is -0.381 e. The monoisotopic (exact) mass is 213 g/mol. The zero-order valence-corrected chi connectivity index (χ0v) is 9.76. The molecule has 0 aliphatic carbocycles. The first-order chi connectivity index (χ1) is 7.37. The van der Waals surface area contributed by atoms with Crippen LogP contribution in [0.4, 0.5) is 0 Å². The van der Waals surface area contributed by atoms with Gasteiger partial charge in [-0.05, 0) is 19.3 Å². The Morgan fingerprint density at radius 3 is 3.07 bits per heavy atom. The first-order valence-corrected chi connectivity index (χ1v) is 6.32. The summed E-state index contributed by atoms with van der Waals surface area (Å²) in [7, 11) is 0. The van der Waals surface area contributed by atoms with E-state index in [9.17, 15) is 0 Å². The molecule has 15 heavy (non-hydrogen) atoms. The van der Waals surface area contributed by atoms with Crippen LogP contribution in [0.15, 0.2) is 0 Å². The van der Waals surface area contributed by atoms with Crippen LogP contribution in [0.25, 0.3) is 0 Å². The van der Waals surface area contributed by atoms with E-state index in [1.165, 1.54) is 12.8 Å². The van der Waals surface area contributed by atoms with Crippen LogP contribution in [0.3, 0.4) is 0 Å². The average Bonchev–Trinajstić information content (AvgIpc) is 2.49. The van der Waals surface area contributed by atoms with Crippen LogP contribution in [0.1, 0.15) is 39.0 Å². The summed E-state index contributed by atoms with van der Waals surface area (Å²) in [5.41, 5.74) is 0.0742. The highest BCUT2D eigenvalue weighted by atomic mass is 16.5. The lowest BCUT2D eigenvalue weighted by Crippen LogP contribution is -2.58. The van der Waals surface area contributed by atoms with Crippen molar-refractivity contribution in [2.45, 2.75) is 50.7 Å². The second kappa shape index (κ2) is 5.28. The fraction of sp³-hybridized carbons (Fsp3) is 1.00. The van der Waals surface area contributed by atoms with Gasteiger partial charge in [-0.25, -0.2) is 0 Å². The van der Waals surface area contributed by atoms with E-state index in [1.807, 2.05) is 0 Å². The summed E-state index contributed by atoms with van der Waals surface area (Å²) in [6.45, 7) is 5.89. The molecule has 0 aromatic carbocycles. The summed E-state index contributed by atoms with van der Waals surface area (Å²) in [6.07, 6.45) is 5.81. The predicted molar refractivity (Wildman–Crippen MR) is 60.1 cm³/mol. The second-order valence-electron chi connectivity index (χ2n) is 4.67. The van der Waals surface area contributed by atoms with Crippen molar-refractivity contribution in [3.63, 3.8) is 0 Å². The molecular weight excluding hydrogens is 190 g/mol. The molecule has 2 heterocycles. The van der Waals surface area contributed by atoms with Crippen LogP contribution >= 0.6 is 0 Å². The summed E-state index contributed by atoms with van der Waals surface area (Å²) in [5, 5.41) is 3.63. The van der Waals surface area contributed by atoms with E-state index >= 15 is 0 Å². The number of rotatable bonds is 2. The number of hydrogen-bond donors (Lipinski definition) is 1. The summed E-state index contributed by atoms with van der Waals surface area (Å²) in [6, 6.07) is 0.540. The molecule has 2 aliphatic rings. The van der Waals surface area contributed by atoms with Gasteiger partial charge in [-0.2, -0.15) is 0 Å². The zero-order valence-electron chi connectivity index (χ0n) is 9.76. The highest BCUT2D eigenvalue weighted by Gasteiger charge is 2.41. The van der Waals surface area contributed by atoms with Crippen molar-refractivity contribution >= 4 is 0 Å². The largest absolute Gasteiger partial charge is 0.381 e. The molecule has 0 saturated carbocycles. The molecule has 2 fully saturated rings. The molecule has 3 heteroatoms. The Bertz CT molecular complexity index is 186. The third-order valence-corrected chi connectivity index (χ3v) is 3.65. The predicted octanol–water partition coefficient (Wildman–Crippen LogP) is 1.71. The average molecular weight is 213 g/mol. The molecule has 1 spiro atoms. The quantitative estimate of drug-likeness (QED) is 0.757. The SMILES string of the molecule is CCCC1NCCOC12CCCOCC2. The Hall–Kier alpha value is -0.120. The third kappa shape index (κ3) is 2.52. The van der Waals surface area contributed by atoms with Crippen molar-refractivity contribution in [1.82, 2.24) is 5.32 Å². The molecule has 0 bridgehead atoms. The van der Waals surface area contributed by atoms with E-state index in [2.05, 4.69) is 12.2 Å². The standard InChI is InChI=1S/C12H23NO2/c1-2-4-11-12(15-10-7-13-11)5-3-8-14-9-6-12/h11,13H,2-10H2,1H3. The molecule has 1 N–H and O–H groups in total. The minimum absolute atomic E-state index is 0.0742. The summed E-state index contributed by atoms with van der Waals surface area (Å²) >= 11 is 0. The van der Waals surface area contributed by atoms with E-state index < -0.39 is 0 Å². The van der Waals surface area contributed by atoms with Gasteiger partial charge in [0.2, 0.25) is 0 Å². The molecule has 2 rings (SSSR count). The van der Waals surface area contributed by atoms with Gasteiger partial charge in [0.1, 0.15) is 0 Å². The molecule has 2 atom stereocenters. The van der Waals surface area contributed by atoms with Crippen LogP contribution in [-0.4, -0.2) is 38.0 Å². The van der Waals surface area contributed by atoms with Crippen LogP contribution in [-0.2, 0) is 9.47 Å². The summed E-state index contributed by atoms with van der Waals surface area (Å²) < 4.78 is 11.6. The summed E-state index contributed by atoms with van der Waals surface area (Å²) in [4.78, 5) is 0. The molecule has 0 amide bonds. The van der Waals surface area contributed by atoms with E-state index in [1.54, 1.807) is 0 Å². The van der Waals surface area contributed by atoms with Crippen molar-refractivity contribution < 1.29 is 9.47 Å². The van der Waals surface area contributed by atoms with Gasteiger partial charge in [0, 0.05) is 32.2 Å². The lowest BCUT2D eigenvalue weighted by molar-refractivity contribution is -0.109. The fourth-order valence-corrected chi connectivity index (χ4v) is 2.87. The van der Waals surface area contributed by atoms with Gasteiger partial charge in [-0.15, -0.1) is 0 Å². The van der Waals surface area contributed by atoms with Gasteiger partial charge < -0.3 is 14.8 Å². The van der Waals surface area contributed by atoms with Gasteiger partial charge >= 0.3 is 0 Å². The van der Waals surface area contributed by atoms with Crippen molar-refractivity contribution in [2.24, 2.45) is 0 Å². The molecule has 2 aliphatic heterocycles. The fourth-order valence-electron chi connectivity index (χ4n) is 2.87. The Labute approximate surface area is 92.5 Å². The number of morpholine rings is 1. The Balaban J connectivity index is 2.05. The second-order valence-corrected chi connectivity index (χ2v) is 4.67. The molecular formula is C12H23NO2. The Morgan fingerprint density at radius 2 is 2.20 bits per heavy atom. The highest BCUT2D eigenvalue weighted by Crippen LogP contribution is 2.33. The molecule has 0 aromatic rings. The lowest BCUT2D eigenvalue weighted by Gasteiger charge is -2.44. The van der Waals surface area contributed by atoms with Crippen molar-refractivity contribution in [2.75, 3.05) is 26.4 Å². The number of nitrogens with one attached hydrogen (secondary N) is 1. The summed E-state index contributed by atoms with van der Waals surface area (Å²) in [5.74, 6) is 0. The molecule has 3 nitrogen and oxygen atoms in total. The minimum atomic E-state index is 0.0742. The topological polar surface area (TPSA) is 30.5 Å². The number of hydrogen-bond acceptors (Lipinski definition) is 3. The van der Waals surface area contributed by atoms with Gasteiger partial charge in [0.05, 0.1) is 12.2 Å². The van der Waals surface area contributed by atoms with Crippen molar-refractivity contribution in [3.8, 4) is 0 Å². The maximum absolute atomic E-state index is 6.11. The van der Waals surface area contributed by atoms with Crippen LogP contribution in [0.5, 0.6) is 0 Å². The highest BCUT2D eigenvalue weighted by molar-refractivity contribution is 4.96. The van der Waals surface area contributed by atoms with Crippen LogP contribution in [0, 0.1) is 0 Å². The van der Waals surface area contributed by atoms with Gasteiger partial charge in [-0.1, -0.05) is 13.3 Å². The molecule has 0 radical (unpaired) electrons. The Kier molecular flexibility index (Phi) is 4.00. The maximum Gasteiger partial charge on any atom is 0.0858 e. The lowest BCUT2D eigenvalue weighted by atomic mass is 9.83. The van der Waals surface area contributed by atoms with Gasteiger partial charge in [0.25, 0.3) is 0 Å². The first-order valence-electron chi connectivity index (χ1n) is 6.32. The zero-order chi connectivity index (χ0) is 10.6. The Morgan fingerprint density at radius 1 is 1.27 bits per heavy atom. The van der Waals surface area contributed by atoms with Crippen molar-refractivity contribution in [1.29, 1.82) is 0 Å². The third-order valence-electron chi connectivity index (χ3n) is 3.65. The molecule has 0 aromatic heterocycles. The molecule has 2 unspecified atom stereocenters. The van der Waals surface area contributed by atoms with Crippen LogP contribution in [0.2, 0.25) is 0 Å². The molecule has 2 saturated heterocycles. The number of ether oxygens (including phenoxy) is 2. The van der Waals surface area contributed by atoms with E-state index in [0.717, 1.165) is 45.6 Å². The van der Waals surface area contributed by atoms with Crippen molar-refractivity contribution in [3.05, 3.63) is 0 Å². The van der Waals surface area contributed by atoms with Gasteiger partial charge in [0.15, 0.2) is 0 Å². The normalized spacial score (nSPS) is 37.8.